The molecule has 1 atom stereocenters. The normalized spacial score (nSPS) is 11.9. The Labute approximate surface area is 241 Å². The number of halogens is 1. The number of hydrogen-bond donors (Lipinski definition) is 1. The van der Waals surface area contributed by atoms with Gasteiger partial charge >= 0.3 is 0 Å². The first kappa shape index (κ1) is 31.0. The summed E-state index contributed by atoms with van der Waals surface area (Å²) >= 11 is 6.42. The molecule has 10 heteroatoms. The molecule has 0 saturated carbocycles. The molecule has 1 N–H and O–H groups in total. The molecule has 0 fully saturated rings. The van der Waals surface area contributed by atoms with E-state index in [0.717, 1.165) is 16.3 Å². The Morgan fingerprint density at radius 1 is 0.975 bits per heavy atom. The van der Waals surface area contributed by atoms with Crippen molar-refractivity contribution in [1.82, 2.24) is 10.2 Å². The molecular formula is C30H36ClN3O5S. The number of benzene rings is 3. The van der Waals surface area contributed by atoms with Crippen LogP contribution in [-0.4, -0.2) is 51.4 Å². The molecule has 0 spiro atoms. The first-order valence-corrected chi connectivity index (χ1v) is 15.0. The second-order valence-corrected chi connectivity index (χ2v) is 11.6. The highest BCUT2D eigenvalue weighted by molar-refractivity contribution is 7.92. The van der Waals surface area contributed by atoms with Crippen LogP contribution in [0.15, 0.2) is 77.7 Å². The lowest BCUT2D eigenvalue weighted by Gasteiger charge is -2.33. The van der Waals surface area contributed by atoms with Crippen molar-refractivity contribution >= 4 is 39.1 Å². The summed E-state index contributed by atoms with van der Waals surface area (Å²) in [6.45, 7) is 5.64. The number of amides is 2. The van der Waals surface area contributed by atoms with Gasteiger partial charge < -0.3 is 15.0 Å². The third-order valence-electron chi connectivity index (χ3n) is 6.48. The number of carbonyl (C=O) groups is 2. The molecule has 2 amide bonds. The van der Waals surface area contributed by atoms with E-state index in [1.165, 1.54) is 24.1 Å². The minimum Gasteiger partial charge on any atom is -0.497 e. The van der Waals surface area contributed by atoms with Crippen LogP contribution in [0.1, 0.15) is 37.8 Å². The summed E-state index contributed by atoms with van der Waals surface area (Å²) in [5, 5.41) is 3.32. The van der Waals surface area contributed by atoms with E-state index >= 15 is 0 Å². The maximum Gasteiger partial charge on any atom is 0.264 e. The van der Waals surface area contributed by atoms with Gasteiger partial charge in [0.25, 0.3) is 10.0 Å². The van der Waals surface area contributed by atoms with Gasteiger partial charge in [0.15, 0.2) is 0 Å². The molecule has 3 rings (SSSR count). The highest BCUT2D eigenvalue weighted by atomic mass is 35.5. The van der Waals surface area contributed by atoms with Crippen molar-refractivity contribution in [3.63, 3.8) is 0 Å². The smallest absolute Gasteiger partial charge is 0.264 e. The van der Waals surface area contributed by atoms with Crippen molar-refractivity contribution in [3.05, 3.63) is 88.9 Å². The Morgan fingerprint density at radius 3 is 2.20 bits per heavy atom. The predicted octanol–water partition coefficient (Wildman–Crippen LogP) is 5.19. The van der Waals surface area contributed by atoms with E-state index in [1.807, 2.05) is 20.8 Å². The molecule has 0 bridgehead atoms. The monoisotopic (exact) mass is 585 g/mol. The van der Waals surface area contributed by atoms with E-state index in [9.17, 15) is 18.0 Å². The SMILES string of the molecule is CCCNC(=O)C(CC)N(Cc1ccccc1Cl)C(=O)CN(c1ccc(C)cc1)S(=O)(=O)c1ccc(OC)cc1. The average molecular weight is 586 g/mol. The number of methoxy groups -OCH3 is 1. The Kier molecular flexibility index (Phi) is 11.0. The predicted molar refractivity (Wildman–Crippen MR) is 158 cm³/mol. The molecular weight excluding hydrogens is 550 g/mol. The summed E-state index contributed by atoms with van der Waals surface area (Å²) in [5.41, 5.74) is 1.92. The van der Waals surface area contributed by atoms with Gasteiger partial charge in [0.1, 0.15) is 18.3 Å². The summed E-state index contributed by atoms with van der Waals surface area (Å²) in [6.07, 6.45) is 1.07. The number of aryl methyl sites for hydroxylation is 1. The van der Waals surface area contributed by atoms with Crippen molar-refractivity contribution in [1.29, 1.82) is 0 Å². The van der Waals surface area contributed by atoms with E-state index in [1.54, 1.807) is 60.7 Å². The molecule has 0 saturated heterocycles. The maximum absolute atomic E-state index is 14.0. The van der Waals surface area contributed by atoms with Gasteiger partial charge in [0, 0.05) is 18.1 Å². The Bertz CT molecular complexity index is 1400. The minimum absolute atomic E-state index is 0.00654. The van der Waals surface area contributed by atoms with Crippen molar-refractivity contribution in [2.75, 3.05) is 24.5 Å². The number of hydrogen-bond acceptors (Lipinski definition) is 5. The number of nitrogens with one attached hydrogen (secondary N) is 1. The third-order valence-corrected chi connectivity index (χ3v) is 8.64. The number of ether oxygens (including phenoxy) is 1. The standard InChI is InChI=1S/C30H36ClN3O5S/c1-5-19-32-30(36)28(6-2)33(20-23-9-7-8-10-27(23)31)29(35)21-34(24-13-11-22(3)12-14-24)40(37,38)26-17-15-25(39-4)16-18-26/h7-18,28H,5-6,19-21H2,1-4H3,(H,32,36). The van der Waals surface area contributed by atoms with Gasteiger partial charge in [-0.3, -0.25) is 13.9 Å². The summed E-state index contributed by atoms with van der Waals surface area (Å²) in [6, 6.07) is 19.1. The molecule has 0 aliphatic heterocycles. The third kappa shape index (κ3) is 7.55. The fraction of sp³-hybridized carbons (Fsp3) is 0.333. The molecule has 0 radical (unpaired) electrons. The van der Waals surface area contributed by atoms with Gasteiger partial charge in [-0.25, -0.2) is 8.42 Å². The van der Waals surface area contributed by atoms with Gasteiger partial charge in [0.05, 0.1) is 17.7 Å². The Balaban J connectivity index is 2.05. The van der Waals surface area contributed by atoms with E-state index in [-0.39, 0.29) is 17.3 Å². The summed E-state index contributed by atoms with van der Waals surface area (Å²) in [5.74, 6) is -0.326. The van der Waals surface area contributed by atoms with Crippen molar-refractivity contribution in [3.8, 4) is 5.75 Å². The van der Waals surface area contributed by atoms with Gasteiger partial charge in [-0.2, -0.15) is 0 Å². The van der Waals surface area contributed by atoms with Crippen molar-refractivity contribution in [2.45, 2.75) is 51.1 Å². The molecule has 0 aliphatic rings. The quantitative estimate of drug-likeness (QED) is 0.298. The molecule has 0 aromatic heterocycles. The topological polar surface area (TPSA) is 96.0 Å². The summed E-state index contributed by atoms with van der Waals surface area (Å²) < 4.78 is 34.1. The highest BCUT2D eigenvalue weighted by Gasteiger charge is 2.33. The van der Waals surface area contributed by atoms with Crippen LogP contribution in [0, 0.1) is 6.92 Å². The van der Waals surface area contributed by atoms with Crippen molar-refractivity contribution in [2.24, 2.45) is 0 Å². The average Bonchev–Trinajstić information content (AvgIpc) is 2.96. The van der Waals surface area contributed by atoms with Gasteiger partial charge in [-0.15, -0.1) is 0 Å². The maximum atomic E-state index is 14.0. The Hall–Kier alpha value is -3.56. The number of rotatable bonds is 13. The van der Waals surface area contributed by atoms with Crippen LogP contribution in [0.25, 0.3) is 0 Å². The van der Waals surface area contributed by atoms with Gasteiger partial charge in [0.2, 0.25) is 11.8 Å². The minimum atomic E-state index is -4.16. The van der Waals surface area contributed by atoms with Crippen LogP contribution in [0.5, 0.6) is 5.75 Å². The fourth-order valence-electron chi connectivity index (χ4n) is 4.21. The van der Waals surface area contributed by atoms with Gasteiger partial charge in [-0.1, -0.05) is 61.3 Å². The molecule has 1 unspecified atom stereocenters. The zero-order chi connectivity index (χ0) is 29.3. The second-order valence-electron chi connectivity index (χ2n) is 9.35. The molecule has 0 aliphatic carbocycles. The number of carbonyl (C=O) groups excluding carboxylic acids is 2. The van der Waals surface area contributed by atoms with E-state index in [4.69, 9.17) is 16.3 Å². The molecule has 214 valence electrons. The summed E-state index contributed by atoms with van der Waals surface area (Å²) in [4.78, 5) is 28.6. The van der Waals surface area contributed by atoms with Crippen molar-refractivity contribution < 1.29 is 22.7 Å². The Morgan fingerprint density at radius 2 is 1.62 bits per heavy atom. The summed E-state index contributed by atoms with van der Waals surface area (Å²) in [7, 11) is -2.67. The van der Waals surface area contributed by atoms with Gasteiger partial charge in [-0.05, 0) is 67.8 Å². The molecule has 3 aromatic carbocycles. The molecule has 3 aromatic rings. The first-order valence-electron chi connectivity index (χ1n) is 13.2. The number of sulfonamides is 1. The molecule has 40 heavy (non-hydrogen) atoms. The number of nitrogens with zero attached hydrogens (tertiary/aromatic N) is 2. The largest absolute Gasteiger partial charge is 0.497 e. The lowest BCUT2D eigenvalue weighted by Crippen LogP contribution is -2.52. The fourth-order valence-corrected chi connectivity index (χ4v) is 5.82. The number of anilines is 1. The van der Waals surface area contributed by atoms with Crippen LogP contribution < -0.4 is 14.4 Å². The molecule has 8 nitrogen and oxygen atoms in total. The lowest BCUT2D eigenvalue weighted by molar-refractivity contribution is -0.140. The van der Waals surface area contributed by atoms with E-state index in [2.05, 4.69) is 5.32 Å². The van der Waals surface area contributed by atoms with Crippen LogP contribution in [-0.2, 0) is 26.2 Å². The van der Waals surface area contributed by atoms with Crippen LogP contribution in [0.2, 0.25) is 5.02 Å². The first-order chi connectivity index (χ1) is 19.1. The molecule has 0 heterocycles. The van der Waals surface area contributed by atoms with Crippen LogP contribution in [0.3, 0.4) is 0 Å². The van der Waals surface area contributed by atoms with E-state index < -0.39 is 28.5 Å². The zero-order valence-corrected chi connectivity index (χ0v) is 24.8. The van der Waals surface area contributed by atoms with Crippen LogP contribution in [0.4, 0.5) is 5.69 Å². The lowest BCUT2D eigenvalue weighted by atomic mass is 10.1. The van der Waals surface area contributed by atoms with Crippen LogP contribution >= 0.6 is 11.6 Å². The zero-order valence-electron chi connectivity index (χ0n) is 23.3. The highest BCUT2D eigenvalue weighted by Crippen LogP contribution is 2.27. The van der Waals surface area contributed by atoms with E-state index in [0.29, 0.717) is 35.0 Å². The second kappa shape index (κ2) is 14.2.